The van der Waals surface area contributed by atoms with Crippen LogP contribution in [0.25, 0.3) is 33.4 Å². The second-order valence-corrected chi connectivity index (χ2v) is 10.2. The summed E-state index contributed by atoms with van der Waals surface area (Å²) in [5.41, 5.74) is 1.32. The highest BCUT2D eigenvalue weighted by atomic mass is 19.1. The van der Waals surface area contributed by atoms with Crippen LogP contribution in [-0.2, 0) is 14.9 Å². The number of amides is 1. The second-order valence-electron chi connectivity index (χ2n) is 10.2. The lowest BCUT2D eigenvalue weighted by atomic mass is 9.93. The summed E-state index contributed by atoms with van der Waals surface area (Å²) in [4.78, 5) is 24.5. The molecule has 1 aromatic heterocycles. The summed E-state index contributed by atoms with van der Waals surface area (Å²) < 4.78 is 42.5. The normalized spacial score (nSPS) is 14.4. The van der Waals surface area contributed by atoms with Crippen LogP contribution in [0.4, 0.5) is 19.3 Å². The van der Waals surface area contributed by atoms with Gasteiger partial charge in [-0.1, -0.05) is 66.7 Å². The van der Waals surface area contributed by atoms with Gasteiger partial charge >= 0.3 is 12.1 Å². The molecule has 0 radical (unpaired) electrons. The van der Waals surface area contributed by atoms with Crippen molar-refractivity contribution in [2.24, 2.45) is 0 Å². The molecule has 1 amide bonds. The van der Waals surface area contributed by atoms with E-state index in [0.717, 1.165) is 17.7 Å². The van der Waals surface area contributed by atoms with Crippen molar-refractivity contribution in [2.45, 2.75) is 31.3 Å². The van der Waals surface area contributed by atoms with Crippen molar-refractivity contribution in [3.05, 3.63) is 114 Å². The minimum atomic E-state index is -0.892. The SMILES string of the molecule is C[C@@H](OC(=O)Nc1c(-c2cc(F)c(-c3ccc(C4(C(=O)O)CC4)cc3)cc2F)oc2ccccc12)c1ccccc1. The maximum Gasteiger partial charge on any atom is 0.412 e. The number of carbonyl (C=O) groups is 2. The first-order valence-corrected chi connectivity index (χ1v) is 13.1. The van der Waals surface area contributed by atoms with Gasteiger partial charge in [-0.3, -0.25) is 10.1 Å². The number of ether oxygens (including phenoxy) is 1. The Balaban J connectivity index is 1.32. The first-order chi connectivity index (χ1) is 19.8. The number of fused-ring (bicyclic) bond motifs is 1. The molecule has 1 aliphatic rings. The molecule has 6 rings (SSSR count). The number of carbonyl (C=O) groups excluding carboxylic acids is 1. The van der Waals surface area contributed by atoms with Gasteiger partial charge in [0.05, 0.1) is 16.7 Å². The van der Waals surface area contributed by atoms with Crippen molar-refractivity contribution in [1.82, 2.24) is 0 Å². The molecule has 4 aromatic carbocycles. The van der Waals surface area contributed by atoms with E-state index < -0.39 is 35.2 Å². The maximum absolute atomic E-state index is 15.6. The molecule has 0 saturated heterocycles. The largest absolute Gasteiger partial charge is 0.481 e. The average molecular weight is 554 g/mol. The number of para-hydroxylation sites is 1. The fourth-order valence-electron chi connectivity index (χ4n) is 5.11. The second kappa shape index (κ2) is 10.2. The van der Waals surface area contributed by atoms with Crippen LogP contribution in [0.15, 0.2) is 95.4 Å². The van der Waals surface area contributed by atoms with Gasteiger partial charge in [-0.05, 0) is 60.7 Å². The third kappa shape index (κ3) is 4.82. The fourth-order valence-corrected chi connectivity index (χ4v) is 5.11. The molecule has 0 bridgehead atoms. The lowest BCUT2D eigenvalue weighted by Gasteiger charge is -2.15. The van der Waals surface area contributed by atoms with Crippen LogP contribution >= 0.6 is 0 Å². The molecular formula is C33H25F2NO5. The molecule has 0 unspecified atom stereocenters. The van der Waals surface area contributed by atoms with Crippen molar-refractivity contribution in [3.8, 4) is 22.5 Å². The van der Waals surface area contributed by atoms with Gasteiger partial charge in [0.25, 0.3) is 0 Å². The Morgan fingerprint density at radius 2 is 1.54 bits per heavy atom. The van der Waals surface area contributed by atoms with Crippen molar-refractivity contribution in [3.63, 3.8) is 0 Å². The van der Waals surface area contributed by atoms with Gasteiger partial charge in [0, 0.05) is 10.9 Å². The number of hydrogen-bond donors (Lipinski definition) is 2. The Morgan fingerprint density at radius 1 is 0.902 bits per heavy atom. The van der Waals surface area contributed by atoms with Crippen LogP contribution in [-0.4, -0.2) is 17.2 Å². The minimum Gasteiger partial charge on any atom is -0.481 e. The predicted molar refractivity (Wildman–Crippen MR) is 151 cm³/mol. The number of benzene rings is 4. The number of anilines is 1. The van der Waals surface area contributed by atoms with Crippen LogP contribution in [0.1, 0.15) is 37.0 Å². The summed E-state index contributed by atoms with van der Waals surface area (Å²) in [6.45, 7) is 1.73. The van der Waals surface area contributed by atoms with Crippen LogP contribution in [0.5, 0.6) is 0 Å². The Bertz CT molecular complexity index is 1780. The van der Waals surface area contributed by atoms with E-state index in [1.54, 1.807) is 55.5 Å². The number of nitrogens with one attached hydrogen (secondary N) is 1. The molecule has 0 aliphatic heterocycles. The summed E-state index contributed by atoms with van der Waals surface area (Å²) >= 11 is 0. The molecule has 1 fully saturated rings. The summed E-state index contributed by atoms with van der Waals surface area (Å²) in [5, 5.41) is 12.7. The first-order valence-electron chi connectivity index (χ1n) is 13.1. The van der Waals surface area contributed by atoms with E-state index in [0.29, 0.717) is 34.9 Å². The minimum absolute atomic E-state index is 0.0136. The van der Waals surface area contributed by atoms with E-state index in [-0.39, 0.29) is 22.6 Å². The number of aliphatic carboxylic acids is 1. The summed E-state index contributed by atoms with van der Waals surface area (Å²) in [6.07, 6.45) is -0.234. The van der Waals surface area contributed by atoms with Gasteiger partial charge in [0.2, 0.25) is 0 Å². The molecule has 2 N–H and O–H groups in total. The first kappa shape index (κ1) is 26.3. The maximum atomic E-state index is 15.6. The molecule has 1 saturated carbocycles. The highest BCUT2D eigenvalue weighted by Gasteiger charge is 2.51. The van der Waals surface area contributed by atoms with Gasteiger partial charge in [-0.25, -0.2) is 13.6 Å². The Labute approximate surface area is 234 Å². The van der Waals surface area contributed by atoms with Crippen LogP contribution in [0, 0.1) is 11.6 Å². The van der Waals surface area contributed by atoms with Gasteiger partial charge in [-0.15, -0.1) is 0 Å². The van der Waals surface area contributed by atoms with E-state index in [4.69, 9.17) is 9.15 Å². The monoisotopic (exact) mass is 553 g/mol. The van der Waals surface area contributed by atoms with Gasteiger partial charge < -0.3 is 14.3 Å². The predicted octanol–water partition coefficient (Wildman–Crippen LogP) is 8.47. The third-order valence-corrected chi connectivity index (χ3v) is 7.58. The molecule has 5 aromatic rings. The van der Waals surface area contributed by atoms with Crippen molar-refractivity contribution < 1.29 is 32.6 Å². The van der Waals surface area contributed by atoms with E-state index in [9.17, 15) is 14.7 Å². The van der Waals surface area contributed by atoms with E-state index >= 15 is 8.78 Å². The quantitative estimate of drug-likeness (QED) is 0.211. The zero-order valence-electron chi connectivity index (χ0n) is 22.0. The zero-order chi connectivity index (χ0) is 28.7. The Morgan fingerprint density at radius 3 is 2.22 bits per heavy atom. The standard InChI is InChI=1S/C33H25F2NO5/c1-19(20-7-3-2-4-8-20)40-32(39)36-29-23-9-5-6-10-28(23)41-30(29)25-18-26(34)24(17-27(25)35)21-11-13-22(14-12-21)33(15-16-33)31(37)38/h2-14,17-19H,15-16H2,1H3,(H,36,39)(H,37,38)/t19-/m1/s1. The third-order valence-electron chi connectivity index (χ3n) is 7.58. The number of halogens is 2. The molecular weight excluding hydrogens is 528 g/mol. The highest BCUT2D eigenvalue weighted by Crippen LogP contribution is 2.49. The number of rotatable bonds is 7. The number of carboxylic acids is 1. The highest BCUT2D eigenvalue weighted by molar-refractivity contribution is 6.05. The molecule has 206 valence electrons. The smallest absolute Gasteiger partial charge is 0.412 e. The molecule has 0 spiro atoms. The average Bonchev–Trinajstić information content (AvgIpc) is 3.72. The van der Waals surface area contributed by atoms with Crippen molar-refractivity contribution in [2.75, 3.05) is 5.32 Å². The molecule has 1 heterocycles. The Kier molecular flexibility index (Phi) is 6.53. The Hall–Kier alpha value is -4.98. The molecule has 8 heteroatoms. The number of hydrogen-bond acceptors (Lipinski definition) is 4. The number of carboxylic acid groups (broad SMARTS) is 1. The lowest BCUT2D eigenvalue weighted by Crippen LogP contribution is -2.19. The van der Waals surface area contributed by atoms with Crippen LogP contribution < -0.4 is 5.32 Å². The summed E-state index contributed by atoms with van der Waals surface area (Å²) in [6, 6.07) is 24.6. The van der Waals surface area contributed by atoms with E-state index in [2.05, 4.69) is 5.32 Å². The van der Waals surface area contributed by atoms with Gasteiger partial charge in [-0.2, -0.15) is 0 Å². The molecule has 6 nitrogen and oxygen atoms in total. The van der Waals surface area contributed by atoms with Crippen molar-refractivity contribution in [1.29, 1.82) is 0 Å². The number of furan rings is 1. The molecule has 41 heavy (non-hydrogen) atoms. The van der Waals surface area contributed by atoms with E-state index in [1.807, 2.05) is 30.3 Å². The fraction of sp³-hybridized carbons (Fsp3) is 0.152. The zero-order valence-corrected chi connectivity index (χ0v) is 22.0. The lowest BCUT2D eigenvalue weighted by molar-refractivity contribution is -0.140. The summed E-state index contributed by atoms with van der Waals surface area (Å²) in [7, 11) is 0. The van der Waals surface area contributed by atoms with Crippen LogP contribution in [0.2, 0.25) is 0 Å². The molecule has 1 aliphatic carbocycles. The van der Waals surface area contributed by atoms with E-state index in [1.165, 1.54) is 0 Å². The topological polar surface area (TPSA) is 88.8 Å². The molecule has 1 atom stereocenters. The van der Waals surface area contributed by atoms with Crippen LogP contribution in [0.3, 0.4) is 0 Å². The summed E-state index contributed by atoms with van der Waals surface area (Å²) in [5.74, 6) is -2.41. The van der Waals surface area contributed by atoms with Crippen molar-refractivity contribution >= 4 is 28.7 Å². The van der Waals surface area contributed by atoms with Gasteiger partial charge in [0.1, 0.15) is 23.3 Å². The van der Waals surface area contributed by atoms with Gasteiger partial charge in [0.15, 0.2) is 5.76 Å².